The molecule has 130 valence electrons. The van der Waals surface area contributed by atoms with Gasteiger partial charge in [-0.15, -0.1) is 0 Å². The third-order valence-corrected chi connectivity index (χ3v) is 3.92. The number of benzene rings is 2. The highest BCUT2D eigenvalue weighted by atomic mass is 19.4. The molecule has 0 bridgehead atoms. The maximum absolute atomic E-state index is 13.4. The van der Waals surface area contributed by atoms with Gasteiger partial charge in [-0.1, -0.05) is 12.1 Å². The van der Waals surface area contributed by atoms with Gasteiger partial charge in [0.25, 0.3) is 0 Å². The van der Waals surface area contributed by atoms with Crippen LogP contribution in [0.2, 0.25) is 0 Å². The summed E-state index contributed by atoms with van der Waals surface area (Å²) in [5.41, 5.74) is 1.51. The minimum absolute atomic E-state index is 0.111. The Hall–Kier alpha value is -2.83. The van der Waals surface area contributed by atoms with Gasteiger partial charge in [0.15, 0.2) is 5.78 Å². The van der Waals surface area contributed by atoms with E-state index in [1.54, 1.807) is 36.4 Å². The molecule has 0 aliphatic rings. The van der Waals surface area contributed by atoms with Crippen molar-refractivity contribution in [3.8, 4) is 5.75 Å². The predicted molar refractivity (Wildman–Crippen MR) is 86.8 cm³/mol. The third-order valence-electron chi connectivity index (χ3n) is 3.92. The first-order valence-corrected chi connectivity index (χ1v) is 7.51. The smallest absolute Gasteiger partial charge is 0.449 e. The average molecular weight is 348 g/mol. The molecule has 3 aromatic rings. The first-order valence-electron chi connectivity index (χ1n) is 7.51. The standard InChI is InChI=1S/C18H15F3N2O2/c1-11(24)12-7-8-16(25-2)13(9-12)10-23-15-6-4-3-5-14(15)22-17(23)18(19,20)21/h3-9H,10H2,1-2H3. The lowest BCUT2D eigenvalue weighted by molar-refractivity contribution is -0.146. The number of aromatic nitrogens is 2. The zero-order chi connectivity index (χ0) is 18.2. The van der Waals surface area contributed by atoms with Crippen LogP contribution in [0.5, 0.6) is 5.75 Å². The van der Waals surface area contributed by atoms with Crippen molar-refractivity contribution in [2.24, 2.45) is 0 Å². The van der Waals surface area contributed by atoms with Gasteiger partial charge in [0.1, 0.15) is 5.75 Å². The molecule has 0 fully saturated rings. The fraction of sp³-hybridized carbons (Fsp3) is 0.222. The van der Waals surface area contributed by atoms with Crippen molar-refractivity contribution < 1.29 is 22.7 Å². The lowest BCUT2D eigenvalue weighted by atomic mass is 10.1. The number of Topliss-reactive ketones (excluding diaryl/α,β-unsaturated/α-hetero) is 1. The summed E-state index contributed by atoms with van der Waals surface area (Å²) in [6.45, 7) is 1.29. The molecule has 0 aliphatic carbocycles. The summed E-state index contributed by atoms with van der Waals surface area (Å²) in [5, 5.41) is 0. The van der Waals surface area contributed by atoms with Gasteiger partial charge in [0.2, 0.25) is 5.82 Å². The Balaban J connectivity index is 2.18. The lowest BCUT2D eigenvalue weighted by Crippen LogP contribution is -2.16. The fourth-order valence-electron chi connectivity index (χ4n) is 2.74. The second-order valence-corrected chi connectivity index (χ2v) is 5.59. The van der Waals surface area contributed by atoms with Crippen molar-refractivity contribution in [1.82, 2.24) is 9.55 Å². The summed E-state index contributed by atoms with van der Waals surface area (Å²) in [6, 6.07) is 11.1. The number of ketones is 1. The van der Waals surface area contributed by atoms with E-state index in [0.717, 1.165) is 4.57 Å². The first kappa shape index (κ1) is 17.0. The Labute approximate surface area is 141 Å². The van der Waals surface area contributed by atoms with E-state index in [9.17, 15) is 18.0 Å². The molecule has 3 rings (SSSR count). The Bertz CT molecular complexity index is 945. The summed E-state index contributed by atoms with van der Waals surface area (Å²) < 4.78 is 46.6. The summed E-state index contributed by atoms with van der Waals surface area (Å²) in [4.78, 5) is 15.3. The molecule has 0 unspecified atom stereocenters. The van der Waals surface area contributed by atoms with E-state index in [-0.39, 0.29) is 17.8 Å². The number of methoxy groups -OCH3 is 1. The third kappa shape index (κ3) is 3.22. The molecule has 0 atom stereocenters. The summed E-state index contributed by atoms with van der Waals surface area (Å²) in [6.07, 6.45) is -4.59. The van der Waals surface area contributed by atoms with Crippen molar-refractivity contribution >= 4 is 16.8 Å². The van der Waals surface area contributed by atoms with E-state index in [1.165, 1.54) is 20.1 Å². The molecule has 0 aliphatic heterocycles. The number of imidazole rings is 1. The molecule has 1 aromatic heterocycles. The number of hydrogen-bond acceptors (Lipinski definition) is 3. The maximum Gasteiger partial charge on any atom is 0.449 e. The minimum Gasteiger partial charge on any atom is -0.496 e. The summed E-state index contributed by atoms with van der Waals surface area (Å²) in [7, 11) is 1.43. The van der Waals surface area contributed by atoms with Crippen molar-refractivity contribution in [1.29, 1.82) is 0 Å². The second kappa shape index (κ2) is 6.23. The van der Waals surface area contributed by atoms with E-state index in [1.807, 2.05) is 0 Å². The van der Waals surface area contributed by atoms with Crippen LogP contribution in [-0.4, -0.2) is 22.4 Å². The number of ether oxygens (including phenoxy) is 1. The molecule has 0 N–H and O–H groups in total. The van der Waals surface area contributed by atoms with Crippen molar-refractivity contribution in [2.45, 2.75) is 19.6 Å². The van der Waals surface area contributed by atoms with Gasteiger partial charge in [0.05, 0.1) is 24.7 Å². The van der Waals surface area contributed by atoms with Crippen LogP contribution in [-0.2, 0) is 12.7 Å². The van der Waals surface area contributed by atoms with Crippen LogP contribution in [0.25, 0.3) is 11.0 Å². The topological polar surface area (TPSA) is 44.1 Å². The number of alkyl halides is 3. The zero-order valence-corrected chi connectivity index (χ0v) is 13.6. The van der Waals surface area contributed by atoms with Crippen molar-refractivity contribution in [2.75, 3.05) is 7.11 Å². The van der Waals surface area contributed by atoms with Crippen molar-refractivity contribution in [3.05, 3.63) is 59.4 Å². The Morgan fingerprint density at radius 3 is 2.56 bits per heavy atom. The molecule has 0 radical (unpaired) electrons. The highest BCUT2D eigenvalue weighted by Gasteiger charge is 2.37. The van der Waals surface area contributed by atoms with Crippen LogP contribution in [0.4, 0.5) is 13.2 Å². The molecular formula is C18H15F3N2O2. The fourth-order valence-corrected chi connectivity index (χ4v) is 2.74. The van der Waals surface area contributed by atoms with Crippen molar-refractivity contribution in [3.63, 3.8) is 0 Å². The largest absolute Gasteiger partial charge is 0.496 e. The van der Waals surface area contributed by atoms with E-state index in [0.29, 0.717) is 22.4 Å². The summed E-state index contributed by atoms with van der Waals surface area (Å²) in [5.74, 6) is -0.740. The molecule has 25 heavy (non-hydrogen) atoms. The Morgan fingerprint density at radius 2 is 1.92 bits per heavy atom. The maximum atomic E-state index is 13.4. The van der Waals surface area contributed by atoms with Crippen LogP contribution in [0.15, 0.2) is 42.5 Å². The molecule has 4 nitrogen and oxygen atoms in total. The molecule has 7 heteroatoms. The van der Waals surface area contributed by atoms with Crippen LogP contribution in [0.3, 0.4) is 0 Å². The normalized spacial score (nSPS) is 11.7. The molecule has 0 saturated carbocycles. The first-order chi connectivity index (χ1) is 11.8. The van der Waals surface area contributed by atoms with Gasteiger partial charge in [-0.2, -0.15) is 13.2 Å². The number of carbonyl (C=O) groups is 1. The van der Waals surface area contributed by atoms with E-state index in [2.05, 4.69) is 4.98 Å². The molecule has 0 spiro atoms. The zero-order valence-electron chi connectivity index (χ0n) is 13.6. The van der Waals surface area contributed by atoms with E-state index < -0.39 is 12.0 Å². The Morgan fingerprint density at radius 1 is 1.20 bits per heavy atom. The number of carbonyl (C=O) groups excluding carboxylic acids is 1. The van der Waals surface area contributed by atoms with Gasteiger partial charge in [-0.25, -0.2) is 4.98 Å². The molecule has 0 amide bonds. The molecule has 0 saturated heterocycles. The second-order valence-electron chi connectivity index (χ2n) is 5.59. The number of rotatable bonds is 4. The molecule has 1 heterocycles. The number of nitrogens with zero attached hydrogens (tertiary/aromatic N) is 2. The summed E-state index contributed by atoms with van der Waals surface area (Å²) >= 11 is 0. The van der Waals surface area contributed by atoms with Gasteiger partial charge >= 0.3 is 6.18 Å². The number of hydrogen-bond donors (Lipinski definition) is 0. The van der Waals surface area contributed by atoms with E-state index in [4.69, 9.17) is 4.74 Å². The number of fused-ring (bicyclic) bond motifs is 1. The van der Waals surface area contributed by atoms with Gasteiger partial charge in [-0.05, 0) is 37.3 Å². The number of para-hydroxylation sites is 2. The monoisotopic (exact) mass is 348 g/mol. The van der Waals surface area contributed by atoms with Crippen LogP contribution < -0.4 is 4.74 Å². The van der Waals surface area contributed by atoms with Crippen LogP contribution >= 0.6 is 0 Å². The van der Waals surface area contributed by atoms with Gasteiger partial charge < -0.3 is 9.30 Å². The highest BCUT2D eigenvalue weighted by Crippen LogP contribution is 2.33. The highest BCUT2D eigenvalue weighted by molar-refractivity contribution is 5.94. The predicted octanol–water partition coefficient (Wildman–Crippen LogP) is 4.31. The van der Waals surface area contributed by atoms with E-state index >= 15 is 0 Å². The van der Waals surface area contributed by atoms with Crippen LogP contribution in [0.1, 0.15) is 28.7 Å². The van der Waals surface area contributed by atoms with Crippen LogP contribution in [0, 0.1) is 0 Å². The SMILES string of the molecule is COc1ccc(C(C)=O)cc1Cn1c(C(F)(F)F)nc2ccccc21. The quantitative estimate of drug-likeness (QED) is 0.660. The van der Waals surface area contributed by atoms with Gasteiger partial charge in [-0.3, -0.25) is 4.79 Å². The molecule has 2 aromatic carbocycles. The average Bonchev–Trinajstić information content (AvgIpc) is 2.94. The lowest BCUT2D eigenvalue weighted by Gasteiger charge is -2.14. The Kier molecular flexibility index (Phi) is 4.24. The molecular weight excluding hydrogens is 333 g/mol. The van der Waals surface area contributed by atoms with Gasteiger partial charge in [0, 0.05) is 11.1 Å². The number of halogens is 3. The minimum atomic E-state index is -4.59.